The zero-order valence-electron chi connectivity index (χ0n) is 17.6. The van der Waals surface area contributed by atoms with Crippen molar-refractivity contribution < 1.29 is 17.9 Å². The van der Waals surface area contributed by atoms with Crippen LogP contribution in [0.3, 0.4) is 0 Å². The maximum absolute atomic E-state index is 13.2. The van der Waals surface area contributed by atoms with E-state index in [1.165, 1.54) is 12.1 Å². The molecule has 31 heavy (non-hydrogen) atoms. The summed E-state index contributed by atoms with van der Waals surface area (Å²) in [5.74, 6) is 0.346. The van der Waals surface area contributed by atoms with Crippen molar-refractivity contribution in [3.63, 3.8) is 0 Å². The van der Waals surface area contributed by atoms with Crippen molar-refractivity contribution in [2.45, 2.75) is 18.7 Å². The number of hydrogen-bond donors (Lipinski definition) is 1. The van der Waals surface area contributed by atoms with E-state index in [2.05, 4.69) is 5.32 Å². The van der Waals surface area contributed by atoms with Gasteiger partial charge in [0, 0.05) is 0 Å². The molecule has 0 atom stereocenters. The molecular formula is C24H26N2O4S. The Morgan fingerprint density at radius 1 is 0.903 bits per heavy atom. The number of para-hydroxylation sites is 1. The van der Waals surface area contributed by atoms with Crippen LogP contribution in [0.25, 0.3) is 0 Å². The van der Waals surface area contributed by atoms with Gasteiger partial charge < -0.3 is 10.1 Å². The highest BCUT2D eigenvalue weighted by molar-refractivity contribution is 7.92. The third-order valence-electron chi connectivity index (χ3n) is 4.72. The molecule has 3 aromatic rings. The second-order valence-electron chi connectivity index (χ2n) is 7.12. The second-order valence-corrected chi connectivity index (χ2v) is 8.99. The first kappa shape index (κ1) is 22.4. The van der Waals surface area contributed by atoms with Crippen LogP contribution in [0.2, 0.25) is 0 Å². The van der Waals surface area contributed by atoms with Crippen LogP contribution < -0.4 is 14.4 Å². The molecule has 0 aliphatic carbocycles. The van der Waals surface area contributed by atoms with E-state index in [4.69, 9.17) is 4.74 Å². The molecule has 1 amide bonds. The number of aryl methyl sites for hydroxylation is 2. The maximum Gasteiger partial charge on any atom is 0.264 e. The lowest BCUT2D eigenvalue weighted by atomic mass is 10.2. The smallest absolute Gasteiger partial charge is 0.264 e. The molecule has 0 aromatic heterocycles. The highest BCUT2D eigenvalue weighted by Gasteiger charge is 2.26. The van der Waals surface area contributed by atoms with Gasteiger partial charge in [-0.3, -0.25) is 9.10 Å². The largest absolute Gasteiger partial charge is 0.491 e. The summed E-state index contributed by atoms with van der Waals surface area (Å²) in [6, 6.07) is 22.7. The first-order valence-corrected chi connectivity index (χ1v) is 11.4. The molecule has 6 nitrogen and oxygen atoms in total. The summed E-state index contributed by atoms with van der Waals surface area (Å²) in [5.41, 5.74) is 2.44. The number of ether oxygens (including phenoxy) is 1. The average Bonchev–Trinajstić information content (AvgIpc) is 2.77. The van der Waals surface area contributed by atoms with Gasteiger partial charge >= 0.3 is 0 Å². The summed E-state index contributed by atoms with van der Waals surface area (Å²) in [6.45, 7) is 4.08. The Kier molecular flexibility index (Phi) is 7.31. The number of rotatable bonds is 9. The summed E-state index contributed by atoms with van der Waals surface area (Å²) < 4.78 is 33.3. The molecule has 0 aliphatic rings. The summed E-state index contributed by atoms with van der Waals surface area (Å²) >= 11 is 0. The van der Waals surface area contributed by atoms with Gasteiger partial charge in [-0.05, 0) is 49.7 Å². The van der Waals surface area contributed by atoms with E-state index >= 15 is 0 Å². The van der Waals surface area contributed by atoms with Crippen molar-refractivity contribution >= 4 is 21.6 Å². The van der Waals surface area contributed by atoms with E-state index in [0.29, 0.717) is 5.69 Å². The van der Waals surface area contributed by atoms with Crippen molar-refractivity contribution in [1.82, 2.24) is 5.32 Å². The van der Waals surface area contributed by atoms with Crippen LogP contribution >= 0.6 is 0 Å². The SMILES string of the molecule is Cc1ccc(N(CC(=O)NCCOc2ccccc2C)S(=O)(=O)c2ccccc2)cc1. The molecule has 0 fully saturated rings. The molecule has 0 bridgehead atoms. The Bertz CT molecular complexity index is 1110. The predicted molar refractivity (Wildman–Crippen MR) is 122 cm³/mol. The van der Waals surface area contributed by atoms with Crippen LogP contribution in [0.1, 0.15) is 11.1 Å². The Hall–Kier alpha value is -3.32. The van der Waals surface area contributed by atoms with Crippen LogP contribution in [-0.2, 0) is 14.8 Å². The number of carbonyl (C=O) groups is 1. The van der Waals surface area contributed by atoms with Crippen molar-refractivity contribution in [2.24, 2.45) is 0 Å². The number of carbonyl (C=O) groups excluding carboxylic acids is 1. The fraction of sp³-hybridized carbons (Fsp3) is 0.208. The third kappa shape index (κ3) is 5.86. The fourth-order valence-electron chi connectivity index (χ4n) is 3.00. The van der Waals surface area contributed by atoms with Crippen LogP contribution in [-0.4, -0.2) is 34.0 Å². The van der Waals surface area contributed by atoms with Crippen LogP contribution in [0.5, 0.6) is 5.75 Å². The minimum absolute atomic E-state index is 0.131. The van der Waals surface area contributed by atoms with Gasteiger partial charge in [0.05, 0.1) is 17.1 Å². The van der Waals surface area contributed by atoms with E-state index in [1.807, 2.05) is 50.2 Å². The Balaban J connectivity index is 1.69. The molecule has 3 rings (SSSR count). The molecule has 3 aromatic carbocycles. The molecule has 0 aliphatic heterocycles. The summed E-state index contributed by atoms with van der Waals surface area (Å²) in [4.78, 5) is 12.7. The predicted octanol–water partition coefficient (Wildman–Crippen LogP) is 3.69. The monoisotopic (exact) mass is 438 g/mol. The van der Waals surface area contributed by atoms with Gasteiger partial charge in [0.25, 0.3) is 10.0 Å². The van der Waals surface area contributed by atoms with E-state index in [1.54, 1.807) is 30.3 Å². The normalized spacial score (nSPS) is 11.0. The minimum Gasteiger partial charge on any atom is -0.491 e. The Morgan fingerprint density at radius 2 is 1.55 bits per heavy atom. The molecule has 0 saturated heterocycles. The van der Waals surface area contributed by atoms with Crippen molar-refractivity contribution in [2.75, 3.05) is 24.0 Å². The lowest BCUT2D eigenvalue weighted by Crippen LogP contribution is -2.41. The van der Waals surface area contributed by atoms with Crippen LogP contribution in [0, 0.1) is 13.8 Å². The first-order chi connectivity index (χ1) is 14.9. The fourth-order valence-corrected chi connectivity index (χ4v) is 4.44. The molecule has 0 heterocycles. The first-order valence-electron chi connectivity index (χ1n) is 9.97. The number of sulfonamides is 1. The maximum atomic E-state index is 13.2. The van der Waals surface area contributed by atoms with Gasteiger partial charge in [-0.15, -0.1) is 0 Å². The number of nitrogens with zero attached hydrogens (tertiary/aromatic N) is 1. The zero-order valence-corrected chi connectivity index (χ0v) is 18.4. The topological polar surface area (TPSA) is 75.7 Å². The highest BCUT2D eigenvalue weighted by Crippen LogP contribution is 2.23. The van der Waals surface area contributed by atoms with Crippen molar-refractivity contribution in [1.29, 1.82) is 0 Å². The van der Waals surface area contributed by atoms with Gasteiger partial charge in [-0.2, -0.15) is 0 Å². The second kappa shape index (κ2) is 10.1. The van der Waals surface area contributed by atoms with Crippen LogP contribution in [0.4, 0.5) is 5.69 Å². The lowest BCUT2D eigenvalue weighted by molar-refractivity contribution is -0.119. The van der Waals surface area contributed by atoms with E-state index in [-0.39, 0.29) is 24.6 Å². The number of amides is 1. The number of anilines is 1. The molecule has 0 radical (unpaired) electrons. The van der Waals surface area contributed by atoms with Gasteiger partial charge in [-0.1, -0.05) is 54.1 Å². The van der Waals surface area contributed by atoms with Crippen molar-refractivity contribution in [3.05, 3.63) is 90.0 Å². The van der Waals surface area contributed by atoms with E-state index in [9.17, 15) is 13.2 Å². The average molecular weight is 439 g/mol. The molecule has 0 unspecified atom stereocenters. The molecular weight excluding hydrogens is 412 g/mol. The van der Waals surface area contributed by atoms with E-state index in [0.717, 1.165) is 21.2 Å². The standard InChI is InChI=1S/C24H26N2O4S/c1-19-12-14-21(15-13-19)26(31(28,29)22-9-4-3-5-10-22)18-24(27)25-16-17-30-23-11-7-6-8-20(23)2/h3-15H,16-18H2,1-2H3,(H,25,27). The summed E-state index contributed by atoms with van der Waals surface area (Å²) in [5, 5.41) is 2.74. The van der Waals surface area contributed by atoms with Crippen molar-refractivity contribution in [3.8, 4) is 5.75 Å². The number of hydrogen-bond acceptors (Lipinski definition) is 4. The molecule has 162 valence electrons. The minimum atomic E-state index is -3.90. The summed E-state index contributed by atoms with van der Waals surface area (Å²) in [6.07, 6.45) is 0. The van der Waals surface area contributed by atoms with E-state index < -0.39 is 15.9 Å². The zero-order chi connectivity index (χ0) is 22.3. The molecule has 0 spiro atoms. The molecule has 7 heteroatoms. The van der Waals surface area contributed by atoms with Gasteiger partial charge in [0.1, 0.15) is 18.9 Å². The van der Waals surface area contributed by atoms with Gasteiger partial charge in [0.15, 0.2) is 0 Å². The molecule has 1 N–H and O–H groups in total. The van der Waals surface area contributed by atoms with Gasteiger partial charge in [0.2, 0.25) is 5.91 Å². The number of benzene rings is 3. The quantitative estimate of drug-likeness (QED) is 0.517. The number of nitrogens with one attached hydrogen (secondary N) is 1. The summed E-state index contributed by atoms with van der Waals surface area (Å²) in [7, 11) is -3.90. The highest BCUT2D eigenvalue weighted by atomic mass is 32.2. The van der Waals surface area contributed by atoms with Gasteiger partial charge in [-0.25, -0.2) is 8.42 Å². The Labute approximate surface area is 183 Å². The Morgan fingerprint density at radius 3 is 2.23 bits per heavy atom. The molecule has 0 saturated carbocycles. The van der Waals surface area contributed by atoms with Crippen LogP contribution in [0.15, 0.2) is 83.8 Å². The lowest BCUT2D eigenvalue weighted by Gasteiger charge is -2.24. The third-order valence-corrected chi connectivity index (χ3v) is 6.50.